The number of hydrogen-bond donors (Lipinski definition) is 2. The minimum atomic E-state index is -0.317. The van der Waals surface area contributed by atoms with Gasteiger partial charge in [0.15, 0.2) is 5.13 Å². The molecule has 0 saturated heterocycles. The van der Waals surface area contributed by atoms with E-state index in [4.69, 9.17) is 11.6 Å². The lowest BCUT2D eigenvalue weighted by Gasteiger charge is -2.05. The van der Waals surface area contributed by atoms with E-state index in [-0.39, 0.29) is 18.4 Å². The summed E-state index contributed by atoms with van der Waals surface area (Å²) in [5.74, 6) is -0.585. The van der Waals surface area contributed by atoms with Gasteiger partial charge in [0.2, 0.25) is 5.91 Å². The van der Waals surface area contributed by atoms with Crippen LogP contribution < -0.4 is 10.6 Å². The molecule has 2 amide bonds. The number of benzene rings is 1. The van der Waals surface area contributed by atoms with Crippen LogP contribution in [0, 0.1) is 6.92 Å². The fraction of sp³-hybridized carbons (Fsp3) is 0.167. The quantitative estimate of drug-likeness (QED) is 0.647. The maximum atomic E-state index is 12.0. The number of hydrogen-bond acceptors (Lipinski definition) is 5. The SMILES string of the molecule is Cc1cccc(Cc2cnc(NC(=O)CNC(=O)c3ccsc3)s2)c1Cl. The van der Waals surface area contributed by atoms with Crippen molar-refractivity contribution in [1.82, 2.24) is 10.3 Å². The molecule has 0 aliphatic heterocycles. The standard InChI is InChI=1S/C18H16ClN3O2S2/c1-11-3-2-4-12(16(11)19)7-14-8-21-18(26-14)22-15(23)9-20-17(24)13-5-6-25-10-13/h2-6,8,10H,7,9H2,1H3,(H,20,24)(H,21,22,23). The van der Waals surface area contributed by atoms with Crippen LogP contribution in [0.25, 0.3) is 0 Å². The van der Waals surface area contributed by atoms with Crippen LogP contribution in [-0.2, 0) is 11.2 Å². The van der Waals surface area contributed by atoms with Gasteiger partial charge in [-0.25, -0.2) is 4.98 Å². The normalized spacial score (nSPS) is 10.5. The Labute approximate surface area is 164 Å². The Morgan fingerprint density at radius 2 is 2.12 bits per heavy atom. The van der Waals surface area contributed by atoms with Crippen molar-refractivity contribution < 1.29 is 9.59 Å². The number of nitrogens with zero attached hydrogens (tertiary/aromatic N) is 1. The average molecular weight is 406 g/mol. The van der Waals surface area contributed by atoms with Crippen molar-refractivity contribution in [1.29, 1.82) is 0 Å². The number of carbonyl (C=O) groups excluding carboxylic acids is 2. The summed E-state index contributed by atoms with van der Waals surface area (Å²) >= 11 is 9.14. The molecular weight excluding hydrogens is 390 g/mol. The maximum Gasteiger partial charge on any atom is 0.252 e. The van der Waals surface area contributed by atoms with Crippen LogP contribution in [0.15, 0.2) is 41.2 Å². The molecule has 134 valence electrons. The third kappa shape index (κ3) is 4.69. The fourth-order valence-corrected chi connectivity index (χ4v) is 3.98. The number of amides is 2. The van der Waals surface area contributed by atoms with Crippen LogP contribution in [0.4, 0.5) is 5.13 Å². The summed E-state index contributed by atoms with van der Waals surface area (Å²) in [5.41, 5.74) is 2.61. The lowest BCUT2D eigenvalue weighted by atomic mass is 10.1. The topological polar surface area (TPSA) is 71.1 Å². The monoisotopic (exact) mass is 405 g/mol. The lowest BCUT2D eigenvalue weighted by molar-refractivity contribution is -0.115. The molecule has 0 atom stereocenters. The number of anilines is 1. The van der Waals surface area contributed by atoms with Crippen LogP contribution in [0.2, 0.25) is 5.02 Å². The Morgan fingerprint density at radius 1 is 1.27 bits per heavy atom. The van der Waals surface area contributed by atoms with Gasteiger partial charge in [-0.05, 0) is 29.5 Å². The number of thiophene rings is 1. The van der Waals surface area contributed by atoms with Gasteiger partial charge in [0.25, 0.3) is 5.91 Å². The molecule has 0 unspecified atom stereocenters. The molecule has 0 radical (unpaired) electrons. The van der Waals surface area contributed by atoms with Crippen LogP contribution in [0.1, 0.15) is 26.4 Å². The molecule has 0 spiro atoms. The second-order valence-corrected chi connectivity index (χ2v) is 7.87. The summed E-state index contributed by atoms with van der Waals surface area (Å²) in [7, 11) is 0. The number of rotatable bonds is 6. The van der Waals surface area contributed by atoms with Crippen LogP contribution in [0.5, 0.6) is 0 Å². The molecule has 0 aliphatic carbocycles. The number of aromatic nitrogens is 1. The van der Waals surface area contributed by atoms with Crippen molar-refractivity contribution >= 4 is 51.2 Å². The van der Waals surface area contributed by atoms with Gasteiger partial charge in [0.1, 0.15) is 0 Å². The van der Waals surface area contributed by atoms with Crippen LogP contribution in [-0.4, -0.2) is 23.3 Å². The molecule has 0 aliphatic rings. The molecular formula is C18H16ClN3O2S2. The molecule has 3 aromatic rings. The van der Waals surface area contributed by atoms with E-state index in [1.54, 1.807) is 17.6 Å². The molecule has 0 saturated carbocycles. The Hall–Kier alpha value is -2.22. The van der Waals surface area contributed by atoms with Gasteiger partial charge < -0.3 is 10.6 Å². The van der Waals surface area contributed by atoms with E-state index in [1.807, 2.05) is 30.5 Å². The maximum absolute atomic E-state index is 12.0. The molecule has 2 N–H and O–H groups in total. The molecule has 2 heterocycles. The molecule has 8 heteroatoms. The van der Waals surface area contributed by atoms with E-state index in [0.717, 1.165) is 21.0 Å². The van der Waals surface area contributed by atoms with Gasteiger partial charge in [-0.2, -0.15) is 11.3 Å². The zero-order valence-corrected chi connectivity index (χ0v) is 16.3. The highest BCUT2D eigenvalue weighted by atomic mass is 35.5. The van der Waals surface area contributed by atoms with Crippen molar-refractivity contribution in [3.05, 3.63) is 67.8 Å². The third-order valence-corrected chi connectivity index (χ3v) is 5.77. The minimum absolute atomic E-state index is 0.104. The van der Waals surface area contributed by atoms with Crippen molar-refractivity contribution in [2.24, 2.45) is 0 Å². The predicted octanol–water partition coefficient (Wildman–Crippen LogP) is 4.13. The van der Waals surface area contributed by atoms with Gasteiger partial charge >= 0.3 is 0 Å². The van der Waals surface area contributed by atoms with Crippen LogP contribution >= 0.6 is 34.3 Å². The Kier molecular flexibility index (Phi) is 6.03. The molecule has 1 aromatic carbocycles. The number of aryl methyl sites for hydroxylation is 1. The molecule has 3 rings (SSSR count). The Bertz CT molecular complexity index is 922. The van der Waals surface area contributed by atoms with E-state index in [9.17, 15) is 9.59 Å². The minimum Gasteiger partial charge on any atom is -0.343 e. The third-order valence-electron chi connectivity index (χ3n) is 3.63. The average Bonchev–Trinajstić information content (AvgIpc) is 3.29. The van der Waals surface area contributed by atoms with Crippen LogP contribution in [0.3, 0.4) is 0 Å². The van der Waals surface area contributed by atoms with Gasteiger partial charge in [-0.15, -0.1) is 11.3 Å². The highest BCUT2D eigenvalue weighted by Gasteiger charge is 2.11. The predicted molar refractivity (Wildman–Crippen MR) is 106 cm³/mol. The van der Waals surface area contributed by atoms with E-state index in [1.165, 1.54) is 22.7 Å². The second kappa shape index (κ2) is 8.44. The highest BCUT2D eigenvalue weighted by molar-refractivity contribution is 7.15. The first-order valence-corrected chi connectivity index (χ1v) is 9.95. The van der Waals surface area contributed by atoms with E-state index >= 15 is 0 Å². The summed E-state index contributed by atoms with van der Waals surface area (Å²) in [6, 6.07) is 7.62. The first-order chi connectivity index (χ1) is 12.5. The first-order valence-electron chi connectivity index (χ1n) is 7.82. The molecule has 2 aromatic heterocycles. The largest absolute Gasteiger partial charge is 0.343 e. The van der Waals surface area contributed by atoms with Gasteiger partial charge in [-0.3, -0.25) is 9.59 Å². The fourth-order valence-electron chi connectivity index (χ4n) is 2.30. The van der Waals surface area contributed by atoms with E-state index in [0.29, 0.717) is 17.1 Å². The summed E-state index contributed by atoms with van der Waals surface area (Å²) < 4.78 is 0. The first kappa shape index (κ1) is 18.6. The molecule has 0 fully saturated rings. The van der Waals surface area contributed by atoms with Crippen molar-refractivity contribution in [3.63, 3.8) is 0 Å². The van der Waals surface area contributed by atoms with Gasteiger partial charge in [0, 0.05) is 33.5 Å². The van der Waals surface area contributed by atoms with Gasteiger partial charge in [-0.1, -0.05) is 29.8 Å². The van der Waals surface area contributed by atoms with E-state index in [2.05, 4.69) is 15.6 Å². The zero-order valence-electron chi connectivity index (χ0n) is 13.9. The molecule has 26 heavy (non-hydrogen) atoms. The Balaban J connectivity index is 1.54. The second-order valence-electron chi connectivity index (χ2n) is 5.60. The highest BCUT2D eigenvalue weighted by Crippen LogP contribution is 2.26. The summed E-state index contributed by atoms with van der Waals surface area (Å²) in [4.78, 5) is 29.0. The lowest BCUT2D eigenvalue weighted by Crippen LogP contribution is -2.32. The smallest absolute Gasteiger partial charge is 0.252 e. The summed E-state index contributed by atoms with van der Waals surface area (Å²) in [6.45, 7) is 1.86. The number of nitrogens with one attached hydrogen (secondary N) is 2. The van der Waals surface area contributed by atoms with Gasteiger partial charge in [0.05, 0.1) is 6.54 Å². The number of thiazole rings is 1. The number of carbonyl (C=O) groups is 2. The molecule has 5 nitrogen and oxygen atoms in total. The van der Waals surface area contributed by atoms with E-state index < -0.39 is 0 Å². The zero-order chi connectivity index (χ0) is 18.5. The Morgan fingerprint density at radius 3 is 2.88 bits per heavy atom. The summed E-state index contributed by atoms with van der Waals surface area (Å²) in [5, 5.41) is 10.1. The summed E-state index contributed by atoms with van der Waals surface area (Å²) in [6.07, 6.45) is 2.38. The molecule has 0 bridgehead atoms. The van der Waals surface area contributed by atoms with Crippen molar-refractivity contribution in [2.75, 3.05) is 11.9 Å². The number of halogens is 1. The van der Waals surface area contributed by atoms with Crippen molar-refractivity contribution in [2.45, 2.75) is 13.3 Å². The van der Waals surface area contributed by atoms with Crippen molar-refractivity contribution in [3.8, 4) is 0 Å².